The number of benzene rings is 2. The summed E-state index contributed by atoms with van der Waals surface area (Å²) in [6.45, 7) is 1.86. The Kier molecular flexibility index (Phi) is 6.15. The summed E-state index contributed by atoms with van der Waals surface area (Å²) in [5.74, 6) is -0.359. The predicted molar refractivity (Wildman–Crippen MR) is 97.0 cm³/mol. The van der Waals surface area contributed by atoms with Crippen molar-refractivity contribution in [1.29, 1.82) is 0 Å². The second-order valence-electron chi connectivity index (χ2n) is 5.39. The molecule has 24 heavy (non-hydrogen) atoms. The number of hydrogen-bond acceptors (Lipinski definition) is 3. The molecule has 1 N–H and O–H groups in total. The number of nitrogens with one attached hydrogen (secondary N) is 1. The highest BCUT2D eigenvalue weighted by molar-refractivity contribution is 9.10. The topological polar surface area (TPSA) is 66.5 Å². The molecule has 1 amide bonds. The lowest BCUT2D eigenvalue weighted by atomic mass is 10.1. The van der Waals surface area contributed by atoms with Gasteiger partial charge in [-0.1, -0.05) is 45.8 Å². The van der Waals surface area contributed by atoms with Crippen LogP contribution in [0.15, 0.2) is 57.9 Å². The van der Waals surface area contributed by atoms with Crippen molar-refractivity contribution in [3.05, 3.63) is 64.1 Å². The Morgan fingerprint density at radius 2 is 1.67 bits per heavy atom. The first-order valence-corrected chi connectivity index (χ1v) is 9.58. The summed E-state index contributed by atoms with van der Waals surface area (Å²) in [7, 11) is -2.29. The maximum Gasteiger partial charge on any atom is 0.243 e. The molecule has 0 bridgehead atoms. The number of aryl methyl sites for hydroxylation is 1. The van der Waals surface area contributed by atoms with E-state index in [1.165, 1.54) is 23.5 Å². The van der Waals surface area contributed by atoms with Crippen LogP contribution in [0.3, 0.4) is 0 Å². The highest BCUT2D eigenvalue weighted by atomic mass is 79.9. The van der Waals surface area contributed by atoms with Gasteiger partial charge in [-0.25, -0.2) is 8.42 Å². The van der Waals surface area contributed by atoms with E-state index in [9.17, 15) is 13.2 Å². The van der Waals surface area contributed by atoms with Crippen molar-refractivity contribution in [2.45, 2.75) is 18.4 Å². The van der Waals surface area contributed by atoms with Crippen LogP contribution in [0.25, 0.3) is 0 Å². The number of likely N-dealkylation sites (N-methyl/N-ethyl adjacent to an activating group) is 1. The molecule has 0 aliphatic carbocycles. The molecule has 2 aromatic carbocycles. The summed E-state index contributed by atoms with van der Waals surface area (Å²) in [5, 5.41) is 2.47. The van der Waals surface area contributed by atoms with Crippen molar-refractivity contribution in [2.24, 2.45) is 0 Å². The van der Waals surface area contributed by atoms with E-state index in [0.29, 0.717) is 0 Å². The fourth-order valence-corrected chi connectivity index (χ4v) is 3.77. The number of carbonyl (C=O) groups is 1. The Balaban J connectivity index is 2.35. The van der Waals surface area contributed by atoms with E-state index in [-0.39, 0.29) is 23.9 Å². The fourth-order valence-electron chi connectivity index (χ4n) is 2.12. The third kappa shape index (κ3) is 4.66. The van der Waals surface area contributed by atoms with Crippen LogP contribution in [0.2, 0.25) is 0 Å². The van der Waals surface area contributed by atoms with Crippen molar-refractivity contribution in [3.63, 3.8) is 0 Å². The van der Waals surface area contributed by atoms with Gasteiger partial charge in [-0.2, -0.15) is 4.31 Å². The van der Waals surface area contributed by atoms with Gasteiger partial charge in [-0.15, -0.1) is 0 Å². The molecule has 2 aromatic rings. The van der Waals surface area contributed by atoms with Gasteiger partial charge in [0.1, 0.15) is 0 Å². The third-order valence-corrected chi connectivity index (χ3v) is 5.86. The molecule has 0 unspecified atom stereocenters. The quantitative estimate of drug-likeness (QED) is 0.795. The first kappa shape index (κ1) is 18.6. The molecule has 0 radical (unpaired) electrons. The molecule has 0 heterocycles. The van der Waals surface area contributed by atoms with Gasteiger partial charge in [-0.3, -0.25) is 4.79 Å². The minimum atomic E-state index is -3.78. The van der Waals surface area contributed by atoms with Crippen LogP contribution >= 0.6 is 15.9 Å². The van der Waals surface area contributed by atoms with Crippen LogP contribution in [-0.2, 0) is 21.4 Å². The van der Waals surface area contributed by atoms with E-state index in [1.807, 2.05) is 31.2 Å². The largest absolute Gasteiger partial charge is 0.358 e. The number of amides is 1. The fraction of sp³-hybridized carbons (Fsp3) is 0.235. The van der Waals surface area contributed by atoms with E-state index in [0.717, 1.165) is 15.6 Å². The lowest BCUT2D eigenvalue weighted by molar-refractivity contribution is -0.120. The van der Waals surface area contributed by atoms with E-state index in [4.69, 9.17) is 0 Å². The standard InChI is InChI=1S/C17H19BrN2O3S/c1-13-3-5-14(6-4-13)11-20(12-17(21)19-2)24(22,23)16-9-7-15(18)8-10-16/h3-10H,11-12H2,1-2H3,(H,19,21). The molecule has 5 nitrogen and oxygen atoms in total. The Morgan fingerprint density at radius 1 is 1.08 bits per heavy atom. The van der Waals surface area contributed by atoms with E-state index in [1.54, 1.807) is 12.1 Å². The summed E-state index contributed by atoms with van der Waals surface area (Å²) in [6.07, 6.45) is 0. The maximum atomic E-state index is 12.9. The lowest BCUT2D eigenvalue weighted by Gasteiger charge is -2.21. The van der Waals surface area contributed by atoms with Gasteiger partial charge >= 0.3 is 0 Å². The first-order chi connectivity index (χ1) is 11.3. The van der Waals surface area contributed by atoms with Crippen LogP contribution < -0.4 is 5.32 Å². The van der Waals surface area contributed by atoms with Crippen molar-refractivity contribution in [2.75, 3.05) is 13.6 Å². The summed E-state index contributed by atoms with van der Waals surface area (Å²) in [5.41, 5.74) is 1.91. The highest BCUT2D eigenvalue weighted by Gasteiger charge is 2.26. The molecular weight excluding hydrogens is 392 g/mol. The van der Waals surface area contributed by atoms with E-state index in [2.05, 4.69) is 21.2 Å². The van der Waals surface area contributed by atoms with Gasteiger partial charge in [0.15, 0.2) is 0 Å². The van der Waals surface area contributed by atoms with Gasteiger partial charge in [0, 0.05) is 18.1 Å². The van der Waals surface area contributed by atoms with Gasteiger partial charge in [0.05, 0.1) is 11.4 Å². The zero-order valence-electron chi connectivity index (χ0n) is 13.5. The van der Waals surface area contributed by atoms with Crippen molar-refractivity contribution in [1.82, 2.24) is 9.62 Å². The molecule has 0 aliphatic rings. The van der Waals surface area contributed by atoms with Crippen molar-refractivity contribution >= 4 is 31.9 Å². The molecule has 128 valence electrons. The summed E-state index contributed by atoms with van der Waals surface area (Å²) in [6, 6.07) is 13.9. The lowest BCUT2D eigenvalue weighted by Crippen LogP contribution is -2.39. The van der Waals surface area contributed by atoms with Crippen LogP contribution in [0, 0.1) is 6.92 Å². The Labute approximate surface area is 150 Å². The number of nitrogens with zero attached hydrogens (tertiary/aromatic N) is 1. The van der Waals surface area contributed by atoms with Crippen molar-refractivity contribution in [3.8, 4) is 0 Å². The number of halogens is 1. The molecule has 0 saturated heterocycles. The van der Waals surface area contributed by atoms with Gasteiger partial charge in [-0.05, 0) is 36.8 Å². The van der Waals surface area contributed by atoms with Gasteiger partial charge < -0.3 is 5.32 Å². The highest BCUT2D eigenvalue weighted by Crippen LogP contribution is 2.20. The zero-order valence-corrected chi connectivity index (χ0v) is 15.9. The van der Waals surface area contributed by atoms with Crippen LogP contribution in [0.5, 0.6) is 0 Å². The second kappa shape index (κ2) is 7.92. The molecule has 0 aromatic heterocycles. The third-order valence-electron chi connectivity index (χ3n) is 3.53. The van der Waals surface area contributed by atoms with Gasteiger partial charge in [0.25, 0.3) is 0 Å². The minimum absolute atomic E-state index is 0.131. The van der Waals surface area contributed by atoms with Crippen LogP contribution in [0.4, 0.5) is 0 Å². The summed E-state index contributed by atoms with van der Waals surface area (Å²) < 4.78 is 27.8. The van der Waals surface area contributed by atoms with Crippen LogP contribution in [-0.4, -0.2) is 32.2 Å². The minimum Gasteiger partial charge on any atom is -0.358 e. The molecular formula is C17H19BrN2O3S. The Morgan fingerprint density at radius 3 is 2.21 bits per heavy atom. The summed E-state index contributed by atoms with van der Waals surface area (Å²) >= 11 is 3.29. The maximum absolute atomic E-state index is 12.9. The Hall–Kier alpha value is -1.70. The average Bonchev–Trinajstić information content (AvgIpc) is 2.56. The average molecular weight is 411 g/mol. The predicted octanol–water partition coefficient (Wildman–Crippen LogP) is 2.69. The molecule has 0 saturated carbocycles. The SMILES string of the molecule is CNC(=O)CN(Cc1ccc(C)cc1)S(=O)(=O)c1ccc(Br)cc1. The number of carbonyl (C=O) groups excluding carboxylic acids is 1. The smallest absolute Gasteiger partial charge is 0.243 e. The monoisotopic (exact) mass is 410 g/mol. The summed E-state index contributed by atoms with van der Waals surface area (Å²) in [4.78, 5) is 11.9. The van der Waals surface area contributed by atoms with Crippen LogP contribution in [0.1, 0.15) is 11.1 Å². The second-order valence-corrected chi connectivity index (χ2v) is 8.24. The normalized spacial score (nSPS) is 11.5. The van der Waals surface area contributed by atoms with Gasteiger partial charge in [0.2, 0.25) is 15.9 Å². The van der Waals surface area contributed by atoms with E-state index >= 15 is 0 Å². The Bertz CT molecular complexity index is 803. The molecule has 0 atom stereocenters. The number of hydrogen-bond donors (Lipinski definition) is 1. The number of rotatable bonds is 6. The number of sulfonamides is 1. The van der Waals surface area contributed by atoms with E-state index < -0.39 is 10.0 Å². The zero-order chi connectivity index (χ0) is 17.7. The molecule has 0 aliphatic heterocycles. The molecule has 0 spiro atoms. The van der Waals surface area contributed by atoms with Crippen molar-refractivity contribution < 1.29 is 13.2 Å². The molecule has 0 fully saturated rings. The molecule has 7 heteroatoms. The molecule has 2 rings (SSSR count). The first-order valence-electron chi connectivity index (χ1n) is 7.35.